The Morgan fingerprint density at radius 1 is 0.833 bits per heavy atom. The fraction of sp³-hybridized carbons (Fsp3) is 0.148. The van der Waals surface area contributed by atoms with Crippen molar-refractivity contribution in [2.45, 2.75) is 18.9 Å². The van der Waals surface area contributed by atoms with Crippen LogP contribution in [0.25, 0.3) is 0 Å². The van der Waals surface area contributed by atoms with Crippen molar-refractivity contribution in [1.29, 1.82) is 0 Å². The van der Waals surface area contributed by atoms with E-state index in [0.717, 1.165) is 17.7 Å². The smallest absolute Gasteiger partial charge is 0.338 e. The van der Waals surface area contributed by atoms with Crippen LogP contribution in [0.15, 0.2) is 72.8 Å². The molecule has 1 saturated carbocycles. The van der Waals surface area contributed by atoms with Gasteiger partial charge >= 0.3 is 5.97 Å². The van der Waals surface area contributed by atoms with Crippen LogP contribution >= 0.6 is 0 Å². The van der Waals surface area contributed by atoms with Crippen molar-refractivity contribution in [3.05, 3.63) is 95.1 Å². The topological polar surface area (TPSA) is 122 Å². The molecule has 3 aromatic rings. The van der Waals surface area contributed by atoms with Crippen molar-refractivity contribution in [3.8, 4) is 0 Å². The van der Waals surface area contributed by atoms with Gasteiger partial charge in [0.25, 0.3) is 23.6 Å². The van der Waals surface area contributed by atoms with E-state index >= 15 is 0 Å². The lowest BCUT2D eigenvalue weighted by atomic mass is 10.1. The summed E-state index contributed by atoms with van der Waals surface area (Å²) in [7, 11) is 0. The van der Waals surface area contributed by atoms with Crippen LogP contribution in [0.5, 0.6) is 0 Å². The SMILES string of the molecule is O=C(COC(=O)c1ccc(N2C(=O)c3ccccc3C2=O)cc1)Nc1ccccc1C(=O)NC1CC1. The van der Waals surface area contributed by atoms with E-state index in [9.17, 15) is 24.0 Å². The van der Waals surface area contributed by atoms with Crippen LogP contribution in [0.1, 0.15) is 54.3 Å². The molecule has 0 aromatic heterocycles. The zero-order valence-electron chi connectivity index (χ0n) is 19.0. The lowest BCUT2D eigenvalue weighted by Gasteiger charge is -2.14. The zero-order chi connectivity index (χ0) is 25.2. The number of rotatable bonds is 7. The molecule has 9 heteroatoms. The van der Waals surface area contributed by atoms with Gasteiger partial charge in [-0.2, -0.15) is 0 Å². The number of nitrogens with one attached hydrogen (secondary N) is 2. The molecule has 5 rings (SSSR count). The fourth-order valence-electron chi connectivity index (χ4n) is 3.85. The molecule has 3 aromatic carbocycles. The van der Waals surface area contributed by atoms with Gasteiger partial charge in [0.15, 0.2) is 6.61 Å². The third kappa shape index (κ3) is 4.58. The summed E-state index contributed by atoms with van der Waals surface area (Å²) in [5.41, 5.74) is 1.76. The molecule has 1 heterocycles. The van der Waals surface area contributed by atoms with Crippen molar-refractivity contribution >= 4 is 41.0 Å². The lowest BCUT2D eigenvalue weighted by Crippen LogP contribution is -2.29. The summed E-state index contributed by atoms with van der Waals surface area (Å²) in [6.07, 6.45) is 1.88. The summed E-state index contributed by atoms with van der Waals surface area (Å²) >= 11 is 0. The first-order valence-electron chi connectivity index (χ1n) is 11.4. The number of fused-ring (bicyclic) bond motifs is 1. The number of benzene rings is 3. The van der Waals surface area contributed by atoms with E-state index < -0.39 is 30.3 Å². The number of para-hydroxylation sites is 1. The molecule has 4 amide bonds. The average molecular weight is 483 g/mol. The van der Waals surface area contributed by atoms with Crippen LogP contribution < -0.4 is 15.5 Å². The predicted molar refractivity (Wildman–Crippen MR) is 130 cm³/mol. The fourth-order valence-corrected chi connectivity index (χ4v) is 3.85. The molecule has 2 aliphatic rings. The highest BCUT2D eigenvalue weighted by molar-refractivity contribution is 6.34. The maximum Gasteiger partial charge on any atom is 0.338 e. The molecule has 36 heavy (non-hydrogen) atoms. The second-order valence-corrected chi connectivity index (χ2v) is 8.46. The first-order valence-corrected chi connectivity index (χ1v) is 11.4. The Hall–Kier alpha value is -4.79. The Morgan fingerprint density at radius 3 is 2.08 bits per heavy atom. The van der Waals surface area contributed by atoms with Gasteiger partial charge in [0.2, 0.25) is 0 Å². The van der Waals surface area contributed by atoms with Gasteiger partial charge in [-0.1, -0.05) is 24.3 Å². The molecular weight excluding hydrogens is 462 g/mol. The lowest BCUT2D eigenvalue weighted by molar-refractivity contribution is -0.119. The van der Waals surface area contributed by atoms with Crippen molar-refractivity contribution in [2.24, 2.45) is 0 Å². The summed E-state index contributed by atoms with van der Waals surface area (Å²) in [6.45, 7) is -0.558. The molecular formula is C27H21N3O6. The molecule has 0 saturated heterocycles. The molecule has 2 N–H and O–H groups in total. The number of esters is 1. The molecule has 0 bridgehead atoms. The number of carbonyl (C=O) groups is 5. The highest BCUT2D eigenvalue weighted by atomic mass is 16.5. The molecule has 1 fully saturated rings. The van der Waals surface area contributed by atoms with Crippen LogP contribution in [-0.4, -0.2) is 42.2 Å². The van der Waals surface area contributed by atoms with Gasteiger partial charge in [-0.05, 0) is 61.4 Å². The van der Waals surface area contributed by atoms with Gasteiger partial charge in [-0.15, -0.1) is 0 Å². The van der Waals surface area contributed by atoms with Crippen LogP contribution in [0.3, 0.4) is 0 Å². The Balaban J connectivity index is 1.19. The average Bonchev–Trinajstić information content (AvgIpc) is 3.67. The summed E-state index contributed by atoms with van der Waals surface area (Å²) in [5, 5.41) is 5.47. The van der Waals surface area contributed by atoms with E-state index in [1.165, 1.54) is 24.3 Å². The Bertz CT molecular complexity index is 1360. The van der Waals surface area contributed by atoms with E-state index in [4.69, 9.17) is 4.74 Å². The molecule has 180 valence electrons. The normalized spacial score (nSPS) is 14.3. The van der Waals surface area contributed by atoms with Gasteiger partial charge in [-0.25, -0.2) is 9.69 Å². The van der Waals surface area contributed by atoms with Crippen LogP contribution in [0, 0.1) is 0 Å². The van der Waals surface area contributed by atoms with Gasteiger partial charge in [0.1, 0.15) is 0 Å². The highest BCUT2D eigenvalue weighted by Gasteiger charge is 2.36. The second-order valence-electron chi connectivity index (χ2n) is 8.46. The van der Waals surface area contributed by atoms with Crippen LogP contribution in [0.2, 0.25) is 0 Å². The molecule has 0 spiro atoms. The summed E-state index contributed by atoms with van der Waals surface area (Å²) < 4.78 is 5.10. The number of hydrogen-bond donors (Lipinski definition) is 2. The number of anilines is 2. The summed E-state index contributed by atoms with van der Waals surface area (Å²) in [4.78, 5) is 63.5. The van der Waals surface area contributed by atoms with Gasteiger partial charge in [-0.3, -0.25) is 19.2 Å². The first kappa shape index (κ1) is 23.0. The number of carbonyl (C=O) groups excluding carboxylic acids is 5. The van der Waals surface area contributed by atoms with Crippen molar-refractivity contribution in [1.82, 2.24) is 5.32 Å². The minimum atomic E-state index is -0.751. The van der Waals surface area contributed by atoms with E-state index in [-0.39, 0.29) is 17.5 Å². The van der Waals surface area contributed by atoms with E-state index in [2.05, 4.69) is 10.6 Å². The molecule has 0 unspecified atom stereocenters. The zero-order valence-corrected chi connectivity index (χ0v) is 19.0. The van der Waals surface area contributed by atoms with Gasteiger partial charge < -0.3 is 15.4 Å². The monoisotopic (exact) mass is 483 g/mol. The molecule has 1 aliphatic heterocycles. The highest BCUT2D eigenvalue weighted by Crippen LogP contribution is 2.28. The van der Waals surface area contributed by atoms with E-state index in [1.54, 1.807) is 48.5 Å². The quantitative estimate of drug-likeness (QED) is 0.393. The van der Waals surface area contributed by atoms with Crippen molar-refractivity contribution in [2.75, 3.05) is 16.8 Å². The maximum atomic E-state index is 12.6. The van der Waals surface area contributed by atoms with Crippen molar-refractivity contribution < 1.29 is 28.7 Å². The third-order valence-corrected chi connectivity index (χ3v) is 5.85. The number of ether oxygens (including phenoxy) is 1. The Morgan fingerprint density at radius 2 is 1.44 bits per heavy atom. The third-order valence-electron chi connectivity index (χ3n) is 5.85. The second kappa shape index (κ2) is 9.46. The van der Waals surface area contributed by atoms with Gasteiger partial charge in [0.05, 0.1) is 33.6 Å². The largest absolute Gasteiger partial charge is 0.452 e. The van der Waals surface area contributed by atoms with Crippen LogP contribution in [-0.2, 0) is 9.53 Å². The maximum absolute atomic E-state index is 12.6. The Kier molecular flexibility index (Phi) is 6.03. The minimum Gasteiger partial charge on any atom is -0.452 e. The number of amides is 4. The van der Waals surface area contributed by atoms with E-state index in [1.807, 2.05) is 0 Å². The minimum absolute atomic E-state index is 0.146. The molecule has 9 nitrogen and oxygen atoms in total. The summed E-state index contributed by atoms with van der Waals surface area (Å²) in [6, 6.07) is 19.1. The number of nitrogens with zero attached hydrogens (tertiary/aromatic N) is 1. The Labute approximate surface area is 206 Å². The molecule has 0 radical (unpaired) electrons. The number of hydrogen-bond acceptors (Lipinski definition) is 6. The number of imide groups is 1. The molecule has 1 aliphatic carbocycles. The predicted octanol–water partition coefficient (Wildman–Crippen LogP) is 3.17. The van der Waals surface area contributed by atoms with Gasteiger partial charge in [0, 0.05) is 6.04 Å². The van der Waals surface area contributed by atoms with E-state index in [0.29, 0.717) is 28.1 Å². The standard InChI is InChI=1S/C27H21N3O6/c31-23(29-22-8-4-3-7-21(22)24(32)28-17-11-12-17)15-36-27(35)16-9-13-18(14-10-16)30-25(33)19-5-1-2-6-20(19)26(30)34/h1-10,13-14,17H,11-12,15H2,(H,28,32)(H,29,31). The summed E-state index contributed by atoms with van der Waals surface area (Å²) in [5.74, 6) is -2.50. The van der Waals surface area contributed by atoms with Crippen LogP contribution in [0.4, 0.5) is 11.4 Å². The molecule has 0 atom stereocenters. The van der Waals surface area contributed by atoms with Crippen molar-refractivity contribution in [3.63, 3.8) is 0 Å². The first-order chi connectivity index (χ1) is 17.4.